The van der Waals surface area contributed by atoms with E-state index >= 15 is 0 Å². The summed E-state index contributed by atoms with van der Waals surface area (Å²) >= 11 is 0. The van der Waals surface area contributed by atoms with Crippen molar-refractivity contribution in [3.8, 4) is 0 Å². The summed E-state index contributed by atoms with van der Waals surface area (Å²) in [7, 11) is 1.62. The number of ether oxygens (including phenoxy) is 1. The van der Waals surface area contributed by atoms with Gasteiger partial charge in [-0.1, -0.05) is 25.7 Å². The lowest BCUT2D eigenvalue weighted by molar-refractivity contribution is 0.0870. The van der Waals surface area contributed by atoms with Crippen molar-refractivity contribution in [2.75, 3.05) is 7.11 Å². The highest BCUT2D eigenvalue weighted by molar-refractivity contribution is 5.95. The molecule has 3 nitrogen and oxygen atoms in total. The van der Waals surface area contributed by atoms with E-state index in [0.29, 0.717) is 12.4 Å². The zero-order valence-corrected chi connectivity index (χ0v) is 10.4. The zero-order valence-electron chi connectivity index (χ0n) is 10.4. The Hall–Kier alpha value is -1.09. The van der Waals surface area contributed by atoms with Crippen LogP contribution in [0.1, 0.15) is 54.8 Å². The molecule has 0 spiro atoms. The number of hydrogen-bond donors (Lipinski definition) is 0. The molecule has 1 aromatic rings. The fraction of sp³-hybridized carbons (Fsp3) is 0.643. The van der Waals surface area contributed by atoms with E-state index < -0.39 is 0 Å². The van der Waals surface area contributed by atoms with Gasteiger partial charge in [0.15, 0.2) is 5.76 Å². The maximum Gasteiger partial charge on any atom is 0.201 e. The summed E-state index contributed by atoms with van der Waals surface area (Å²) in [5.41, 5.74) is 0. The molecule has 0 saturated heterocycles. The van der Waals surface area contributed by atoms with Crippen LogP contribution in [0.5, 0.6) is 0 Å². The summed E-state index contributed by atoms with van der Waals surface area (Å²) in [6, 6.07) is 3.61. The number of carbonyl (C=O) groups excluding carboxylic acids is 1. The highest BCUT2D eigenvalue weighted by atomic mass is 16.5. The third-order valence-corrected chi connectivity index (χ3v) is 3.42. The molecule has 1 aromatic heterocycles. The van der Waals surface area contributed by atoms with Crippen LogP contribution in [-0.4, -0.2) is 12.9 Å². The van der Waals surface area contributed by atoms with Gasteiger partial charge in [-0.15, -0.1) is 0 Å². The molecule has 1 aliphatic carbocycles. The quantitative estimate of drug-likeness (QED) is 0.592. The molecule has 0 N–H and O–H groups in total. The van der Waals surface area contributed by atoms with Crippen LogP contribution in [0.3, 0.4) is 0 Å². The molecule has 1 aliphatic rings. The molecular weight excluding hydrogens is 216 g/mol. The van der Waals surface area contributed by atoms with Crippen LogP contribution in [0, 0.1) is 5.92 Å². The Balaban J connectivity index is 2.01. The third-order valence-electron chi connectivity index (χ3n) is 3.42. The first kappa shape index (κ1) is 12.4. The minimum Gasteiger partial charge on any atom is -0.456 e. The van der Waals surface area contributed by atoms with Gasteiger partial charge in [0.05, 0.1) is 0 Å². The number of carbonyl (C=O) groups is 1. The third kappa shape index (κ3) is 3.19. The summed E-state index contributed by atoms with van der Waals surface area (Å²) in [6.07, 6.45) is 6.89. The lowest BCUT2D eigenvalue weighted by atomic mass is 9.94. The highest BCUT2D eigenvalue weighted by Crippen LogP contribution is 2.26. The van der Waals surface area contributed by atoms with Crippen LogP contribution < -0.4 is 0 Å². The van der Waals surface area contributed by atoms with Gasteiger partial charge in [0.2, 0.25) is 5.78 Å². The van der Waals surface area contributed by atoms with E-state index in [1.807, 2.05) is 6.07 Å². The monoisotopic (exact) mass is 236 g/mol. The number of ketones is 1. The van der Waals surface area contributed by atoms with Crippen molar-refractivity contribution in [3.05, 3.63) is 23.7 Å². The van der Waals surface area contributed by atoms with Crippen molar-refractivity contribution in [1.29, 1.82) is 0 Å². The van der Waals surface area contributed by atoms with E-state index in [4.69, 9.17) is 9.15 Å². The van der Waals surface area contributed by atoms with E-state index in [1.165, 1.54) is 25.7 Å². The van der Waals surface area contributed by atoms with Gasteiger partial charge in [0.1, 0.15) is 12.4 Å². The smallest absolute Gasteiger partial charge is 0.201 e. The maximum absolute atomic E-state index is 12.2. The van der Waals surface area contributed by atoms with Crippen molar-refractivity contribution < 1.29 is 13.9 Å². The molecule has 0 amide bonds. The summed E-state index contributed by atoms with van der Waals surface area (Å²) < 4.78 is 10.5. The van der Waals surface area contributed by atoms with Crippen molar-refractivity contribution in [2.24, 2.45) is 5.92 Å². The van der Waals surface area contributed by atoms with E-state index in [-0.39, 0.29) is 11.7 Å². The topological polar surface area (TPSA) is 39.4 Å². The Bertz CT molecular complexity index is 359. The average molecular weight is 236 g/mol. The fourth-order valence-corrected chi connectivity index (χ4v) is 2.47. The normalized spacial score (nSPS) is 17.9. The van der Waals surface area contributed by atoms with Gasteiger partial charge in [-0.2, -0.15) is 0 Å². The maximum atomic E-state index is 12.2. The number of rotatable bonds is 4. The number of methoxy groups -OCH3 is 1. The molecular formula is C14H20O3. The zero-order chi connectivity index (χ0) is 12.1. The van der Waals surface area contributed by atoms with E-state index in [1.54, 1.807) is 13.2 Å². The summed E-state index contributed by atoms with van der Waals surface area (Å²) in [4.78, 5) is 12.2. The molecule has 1 heterocycles. The number of Topliss-reactive ketones (excluding diaryl/α,β-unsaturated/α-hetero) is 1. The van der Waals surface area contributed by atoms with Gasteiger partial charge < -0.3 is 9.15 Å². The molecule has 3 heteroatoms. The molecule has 0 aromatic carbocycles. The van der Waals surface area contributed by atoms with Crippen LogP contribution in [0.15, 0.2) is 16.5 Å². The molecule has 0 aliphatic heterocycles. The van der Waals surface area contributed by atoms with Crippen LogP contribution >= 0.6 is 0 Å². The first-order chi connectivity index (χ1) is 8.31. The van der Waals surface area contributed by atoms with Crippen molar-refractivity contribution in [3.63, 3.8) is 0 Å². The Morgan fingerprint density at radius 3 is 2.65 bits per heavy atom. The molecule has 1 fully saturated rings. The highest BCUT2D eigenvalue weighted by Gasteiger charge is 2.23. The molecule has 0 atom stereocenters. The van der Waals surface area contributed by atoms with Gasteiger partial charge >= 0.3 is 0 Å². The lowest BCUT2D eigenvalue weighted by Gasteiger charge is -2.10. The summed E-state index contributed by atoms with van der Waals surface area (Å²) in [5, 5.41) is 0. The van der Waals surface area contributed by atoms with Crippen molar-refractivity contribution >= 4 is 5.78 Å². The summed E-state index contributed by atoms with van der Waals surface area (Å²) in [6.45, 7) is 0.429. The number of furan rings is 1. The Morgan fingerprint density at radius 1 is 1.29 bits per heavy atom. The molecule has 0 unspecified atom stereocenters. The largest absolute Gasteiger partial charge is 0.456 e. The standard InChI is InChI=1S/C14H20O3/c1-16-10-12-8-9-13(17-12)14(15)11-6-4-2-3-5-7-11/h8-9,11H,2-7,10H2,1H3. The molecule has 2 rings (SSSR count). The fourth-order valence-electron chi connectivity index (χ4n) is 2.47. The second-order valence-electron chi connectivity index (χ2n) is 4.75. The molecule has 0 radical (unpaired) electrons. The minimum atomic E-state index is 0.166. The van der Waals surface area contributed by atoms with Crippen LogP contribution in [0.2, 0.25) is 0 Å². The summed E-state index contributed by atoms with van der Waals surface area (Å²) in [5.74, 6) is 1.57. The van der Waals surface area contributed by atoms with Gasteiger partial charge in [-0.25, -0.2) is 0 Å². The first-order valence-corrected chi connectivity index (χ1v) is 6.43. The number of hydrogen-bond acceptors (Lipinski definition) is 3. The van der Waals surface area contributed by atoms with E-state index in [0.717, 1.165) is 18.6 Å². The Labute approximate surface area is 102 Å². The minimum absolute atomic E-state index is 0.166. The Morgan fingerprint density at radius 2 is 2.00 bits per heavy atom. The first-order valence-electron chi connectivity index (χ1n) is 6.43. The predicted molar refractivity (Wildman–Crippen MR) is 64.9 cm³/mol. The van der Waals surface area contributed by atoms with Crippen molar-refractivity contribution in [2.45, 2.75) is 45.1 Å². The Kier molecular flexibility index (Phi) is 4.37. The van der Waals surface area contributed by atoms with Crippen molar-refractivity contribution in [1.82, 2.24) is 0 Å². The van der Waals surface area contributed by atoms with E-state index in [2.05, 4.69) is 0 Å². The van der Waals surface area contributed by atoms with Gasteiger partial charge in [0.25, 0.3) is 0 Å². The van der Waals surface area contributed by atoms with Crippen LogP contribution in [0.4, 0.5) is 0 Å². The van der Waals surface area contributed by atoms with E-state index in [9.17, 15) is 4.79 Å². The molecule has 17 heavy (non-hydrogen) atoms. The molecule has 94 valence electrons. The van der Waals surface area contributed by atoms with Crippen LogP contribution in [0.25, 0.3) is 0 Å². The van der Waals surface area contributed by atoms with Gasteiger partial charge in [-0.05, 0) is 25.0 Å². The SMILES string of the molecule is COCc1ccc(C(=O)C2CCCCCC2)o1. The second kappa shape index (κ2) is 6.01. The molecule has 1 saturated carbocycles. The predicted octanol–water partition coefficient (Wildman–Crippen LogP) is 3.58. The van der Waals surface area contributed by atoms with Crippen LogP contribution in [-0.2, 0) is 11.3 Å². The molecule has 0 bridgehead atoms. The lowest BCUT2D eigenvalue weighted by Crippen LogP contribution is -2.13. The average Bonchev–Trinajstić information content (AvgIpc) is 2.64. The van der Waals surface area contributed by atoms with Gasteiger partial charge in [0, 0.05) is 13.0 Å². The van der Waals surface area contributed by atoms with Gasteiger partial charge in [-0.3, -0.25) is 4.79 Å². The second-order valence-corrected chi connectivity index (χ2v) is 4.75.